The van der Waals surface area contributed by atoms with Gasteiger partial charge in [-0.25, -0.2) is 9.97 Å². The molecular formula is C28H28N10O. The van der Waals surface area contributed by atoms with E-state index in [-0.39, 0.29) is 17.8 Å². The third-order valence-corrected chi connectivity index (χ3v) is 7.86. The molecule has 1 atom stereocenters. The Bertz CT molecular complexity index is 1730. The lowest BCUT2D eigenvalue weighted by atomic mass is 9.96. The number of aromatic amines is 1. The number of aryl methyl sites for hydroxylation is 1. The molecule has 0 spiro atoms. The van der Waals surface area contributed by atoms with Crippen molar-refractivity contribution in [1.29, 1.82) is 0 Å². The molecule has 0 bridgehead atoms. The van der Waals surface area contributed by atoms with E-state index in [4.69, 9.17) is 15.7 Å². The molecular weight excluding hydrogens is 492 g/mol. The number of aromatic nitrogens is 8. The number of H-pyrrole nitrogens is 1. The van der Waals surface area contributed by atoms with Gasteiger partial charge in [0.15, 0.2) is 5.65 Å². The number of amides is 1. The summed E-state index contributed by atoms with van der Waals surface area (Å²) in [5.74, 6) is 1.02. The highest BCUT2D eigenvalue weighted by Crippen LogP contribution is 2.35. The van der Waals surface area contributed by atoms with Crippen molar-refractivity contribution >= 4 is 28.4 Å². The molecule has 39 heavy (non-hydrogen) atoms. The summed E-state index contributed by atoms with van der Waals surface area (Å²) in [7, 11) is 0. The molecule has 1 aliphatic carbocycles. The number of rotatable bonds is 4. The molecule has 1 aliphatic heterocycles. The number of carbonyl (C=O) groups excluding carboxylic acids is 1. The predicted octanol–water partition coefficient (Wildman–Crippen LogP) is 3.83. The molecule has 0 radical (unpaired) electrons. The predicted molar refractivity (Wildman–Crippen MR) is 147 cm³/mol. The Kier molecular flexibility index (Phi) is 5.50. The lowest BCUT2D eigenvalue weighted by Gasteiger charge is -2.32. The topological polar surface area (TPSA) is 136 Å². The molecule has 11 heteroatoms. The quantitative estimate of drug-likeness (QED) is 0.367. The van der Waals surface area contributed by atoms with Crippen molar-refractivity contribution in [2.75, 3.05) is 18.8 Å². The van der Waals surface area contributed by atoms with Gasteiger partial charge in [-0.15, -0.1) is 0 Å². The summed E-state index contributed by atoms with van der Waals surface area (Å²) in [5, 5.41) is 12.0. The van der Waals surface area contributed by atoms with E-state index in [1.165, 1.54) is 6.33 Å². The van der Waals surface area contributed by atoms with E-state index < -0.39 is 0 Å². The maximum absolute atomic E-state index is 12.7. The van der Waals surface area contributed by atoms with Crippen molar-refractivity contribution in [1.82, 2.24) is 44.2 Å². The van der Waals surface area contributed by atoms with Gasteiger partial charge in [0.05, 0.1) is 11.6 Å². The van der Waals surface area contributed by atoms with E-state index in [0.717, 1.165) is 52.7 Å². The van der Waals surface area contributed by atoms with Gasteiger partial charge in [-0.2, -0.15) is 14.7 Å². The van der Waals surface area contributed by atoms with E-state index in [1.807, 2.05) is 24.2 Å². The number of likely N-dealkylation sites (tertiary alicyclic amines) is 1. The van der Waals surface area contributed by atoms with Gasteiger partial charge in [-0.1, -0.05) is 30.4 Å². The zero-order chi connectivity index (χ0) is 26.5. The van der Waals surface area contributed by atoms with Crippen LogP contribution in [0.15, 0.2) is 61.4 Å². The lowest BCUT2D eigenvalue weighted by molar-refractivity contribution is 0.0684. The van der Waals surface area contributed by atoms with Crippen molar-refractivity contribution in [3.63, 3.8) is 0 Å². The molecule has 7 rings (SSSR count). The number of allylic oxidation sites excluding steroid dienone is 4. The maximum Gasteiger partial charge on any atom is 0.291 e. The summed E-state index contributed by atoms with van der Waals surface area (Å²) >= 11 is 0. The van der Waals surface area contributed by atoms with Gasteiger partial charge in [0.25, 0.3) is 5.91 Å². The fourth-order valence-electron chi connectivity index (χ4n) is 5.77. The molecule has 1 unspecified atom stereocenters. The molecule has 3 N–H and O–H groups in total. The summed E-state index contributed by atoms with van der Waals surface area (Å²) in [6.45, 7) is 3.30. The summed E-state index contributed by atoms with van der Waals surface area (Å²) < 4.78 is 3.94. The molecule has 0 aromatic carbocycles. The number of hydrogen-bond acceptors (Lipinski definition) is 7. The number of nitrogen functional groups attached to an aromatic ring is 1. The number of piperidine rings is 1. The molecule has 2 aliphatic rings. The summed E-state index contributed by atoms with van der Waals surface area (Å²) in [6, 6.07) is 4.36. The minimum absolute atomic E-state index is 0.122. The second-order valence-electron chi connectivity index (χ2n) is 10.2. The molecule has 1 fully saturated rings. The first-order chi connectivity index (χ1) is 19.1. The molecule has 11 nitrogen and oxygen atoms in total. The Labute approximate surface area is 224 Å². The van der Waals surface area contributed by atoms with Gasteiger partial charge in [0.1, 0.15) is 17.8 Å². The van der Waals surface area contributed by atoms with Gasteiger partial charge in [0.2, 0.25) is 5.82 Å². The van der Waals surface area contributed by atoms with Gasteiger partial charge >= 0.3 is 0 Å². The summed E-state index contributed by atoms with van der Waals surface area (Å²) in [6.07, 6.45) is 18.2. The van der Waals surface area contributed by atoms with Crippen molar-refractivity contribution in [2.24, 2.45) is 0 Å². The largest absolute Gasteiger partial charge is 0.383 e. The smallest absolute Gasteiger partial charge is 0.291 e. The molecule has 0 saturated carbocycles. The molecule has 196 valence electrons. The van der Waals surface area contributed by atoms with Crippen LogP contribution in [0.1, 0.15) is 53.1 Å². The number of pyridine rings is 1. The monoisotopic (exact) mass is 520 g/mol. The van der Waals surface area contributed by atoms with Crippen LogP contribution >= 0.6 is 0 Å². The number of nitrogens with two attached hydrogens (primary N) is 1. The highest BCUT2D eigenvalue weighted by atomic mass is 16.2. The molecule has 6 heterocycles. The lowest BCUT2D eigenvalue weighted by Crippen LogP contribution is -2.39. The Morgan fingerprint density at radius 2 is 1.97 bits per heavy atom. The van der Waals surface area contributed by atoms with Crippen LogP contribution in [0.2, 0.25) is 0 Å². The number of nitrogens with zero attached hydrogens (tertiary/aromatic N) is 8. The summed E-state index contributed by atoms with van der Waals surface area (Å²) in [4.78, 5) is 28.4. The highest BCUT2D eigenvalue weighted by molar-refractivity contribution is 5.94. The number of fused-ring (bicyclic) bond motifs is 2. The van der Waals surface area contributed by atoms with Gasteiger partial charge in [-0.05, 0) is 37.8 Å². The van der Waals surface area contributed by atoms with Gasteiger partial charge < -0.3 is 15.2 Å². The van der Waals surface area contributed by atoms with Crippen LogP contribution < -0.4 is 5.73 Å². The number of hydrogen-bond donors (Lipinski definition) is 2. The minimum atomic E-state index is -0.122. The number of nitrogens with one attached hydrogen (secondary N) is 1. The minimum Gasteiger partial charge on any atom is -0.383 e. The first kappa shape index (κ1) is 23.3. The molecule has 5 aromatic rings. The van der Waals surface area contributed by atoms with E-state index in [9.17, 15) is 4.79 Å². The SMILES string of the molecule is Cc1cn(C2CCN(C(=O)c3ncn[nH]3)CC2)c2nc3c(-c4ccc(C5C=CC=CC5)nc4)cnn3c(N)c12. The van der Waals surface area contributed by atoms with Crippen LogP contribution in [-0.2, 0) is 0 Å². The van der Waals surface area contributed by atoms with Crippen LogP contribution in [-0.4, -0.2) is 63.2 Å². The van der Waals surface area contributed by atoms with Crippen LogP contribution in [0.3, 0.4) is 0 Å². The Hall–Kier alpha value is -4.80. The maximum atomic E-state index is 12.7. The molecule has 1 saturated heterocycles. The van der Waals surface area contributed by atoms with E-state index in [1.54, 1.807) is 4.52 Å². The number of anilines is 1. The highest BCUT2D eigenvalue weighted by Gasteiger charge is 2.28. The fraction of sp³-hybridized carbons (Fsp3) is 0.286. The van der Waals surface area contributed by atoms with Gasteiger partial charge in [-0.3, -0.25) is 14.9 Å². The van der Waals surface area contributed by atoms with Crippen LogP contribution in [0.4, 0.5) is 5.82 Å². The fourth-order valence-corrected chi connectivity index (χ4v) is 5.77. The molecule has 1 amide bonds. The van der Waals surface area contributed by atoms with Crippen LogP contribution in [0, 0.1) is 6.92 Å². The Morgan fingerprint density at radius 3 is 2.69 bits per heavy atom. The first-order valence-corrected chi connectivity index (χ1v) is 13.2. The van der Waals surface area contributed by atoms with E-state index in [2.05, 4.69) is 67.5 Å². The first-order valence-electron chi connectivity index (χ1n) is 13.2. The Balaban J connectivity index is 1.21. The van der Waals surface area contributed by atoms with Crippen molar-refractivity contribution < 1.29 is 4.79 Å². The van der Waals surface area contributed by atoms with Crippen molar-refractivity contribution in [3.8, 4) is 11.1 Å². The average molecular weight is 521 g/mol. The number of carbonyl (C=O) groups is 1. The van der Waals surface area contributed by atoms with E-state index in [0.29, 0.717) is 30.5 Å². The van der Waals surface area contributed by atoms with E-state index >= 15 is 0 Å². The second kappa shape index (κ2) is 9.19. The average Bonchev–Trinajstić information content (AvgIpc) is 3.73. The van der Waals surface area contributed by atoms with Crippen LogP contribution in [0.25, 0.3) is 27.8 Å². The molecule has 5 aromatic heterocycles. The van der Waals surface area contributed by atoms with Crippen LogP contribution in [0.5, 0.6) is 0 Å². The summed E-state index contributed by atoms with van der Waals surface area (Å²) in [5.41, 5.74) is 12.1. The van der Waals surface area contributed by atoms with Gasteiger partial charge in [0, 0.05) is 54.3 Å². The zero-order valence-corrected chi connectivity index (χ0v) is 21.5. The normalized spacial score (nSPS) is 18.0. The Morgan fingerprint density at radius 1 is 1.10 bits per heavy atom. The zero-order valence-electron chi connectivity index (χ0n) is 21.5. The standard InChI is InChI=1S/C28H28N10O/c1-17-15-37(20-9-11-36(12-10-20)28(39)25-31-16-32-35-25)27-23(17)24(29)38-26(34-27)21(14-33-38)19-7-8-22(30-13-19)18-5-3-2-4-6-18/h2-5,7-8,13-16,18,20H,6,9-12,29H2,1H3,(H,31,32,35). The second-order valence-corrected chi connectivity index (χ2v) is 10.2. The van der Waals surface area contributed by atoms with Crippen molar-refractivity contribution in [2.45, 2.75) is 38.1 Å². The van der Waals surface area contributed by atoms with Crippen molar-refractivity contribution in [3.05, 3.63) is 78.4 Å². The third-order valence-electron chi connectivity index (χ3n) is 7.86. The third kappa shape index (κ3) is 3.89.